The third-order valence-electron chi connectivity index (χ3n) is 6.93. The Morgan fingerprint density at radius 1 is 0.927 bits per heavy atom. The number of aliphatic carboxylic acids is 1. The van der Waals surface area contributed by atoms with Crippen LogP contribution in [0.1, 0.15) is 54.1 Å². The Labute approximate surface area is 248 Å². The summed E-state index contributed by atoms with van der Waals surface area (Å²) in [7, 11) is 0. The number of allylic oxidation sites excluding steroid dienone is 2. The first kappa shape index (κ1) is 30.1. The van der Waals surface area contributed by atoms with Crippen molar-refractivity contribution in [3.05, 3.63) is 99.0 Å². The highest BCUT2D eigenvalue weighted by Crippen LogP contribution is 2.33. The van der Waals surface area contributed by atoms with E-state index in [1.165, 1.54) is 24.0 Å². The SMILES string of the molecule is CC1=C(c2ccc(N(Cc3ccc(C(=O)NCC(O)C(=O)O)cc3)C(=O)Nc3cc(Cl)cc(Cl)c3)cc2)CCCC1. The van der Waals surface area contributed by atoms with E-state index < -0.39 is 30.6 Å². The maximum Gasteiger partial charge on any atom is 0.334 e. The predicted molar refractivity (Wildman–Crippen MR) is 162 cm³/mol. The molecule has 3 aromatic rings. The van der Waals surface area contributed by atoms with Crippen LogP contribution in [0.3, 0.4) is 0 Å². The van der Waals surface area contributed by atoms with Crippen molar-refractivity contribution in [2.75, 3.05) is 16.8 Å². The molecule has 0 spiro atoms. The van der Waals surface area contributed by atoms with Crippen LogP contribution in [0, 0.1) is 0 Å². The number of rotatable bonds is 9. The van der Waals surface area contributed by atoms with Crippen molar-refractivity contribution in [1.29, 1.82) is 0 Å². The van der Waals surface area contributed by atoms with E-state index in [1.54, 1.807) is 47.4 Å². The minimum Gasteiger partial charge on any atom is -0.479 e. The van der Waals surface area contributed by atoms with Gasteiger partial charge in [0.05, 0.1) is 13.1 Å². The molecular weight excluding hydrogens is 565 g/mol. The van der Waals surface area contributed by atoms with Crippen LogP contribution in [0.2, 0.25) is 10.0 Å². The Balaban J connectivity index is 1.56. The van der Waals surface area contributed by atoms with Crippen molar-refractivity contribution in [2.45, 2.75) is 45.3 Å². The first-order valence-electron chi connectivity index (χ1n) is 13.2. The average molecular weight is 597 g/mol. The van der Waals surface area contributed by atoms with Gasteiger partial charge < -0.3 is 20.8 Å². The van der Waals surface area contributed by atoms with Crippen LogP contribution < -0.4 is 15.5 Å². The van der Waals surface area contributed by atoms with Crippen molar-refractivity contribution in [1.82, 2.24) is 5.32 Å². The molecule has 4 rings (SSSR count). The largest absolute Gasteiger partial charge is 0.479 e. The highest BCUT2D eigenvalue weighted by Gasteiger charge is 2.19. The third-order valence-corrected chi connectivity index (χ3v) is 7.36. The normalized spacial score (nSPS) is 13.9. The number of hydrogen-bond acceptors (Lipinski definition) is 4. The fourth-order valence-corrected chi connectivity index (χ4v) is 5.24. The van der Waals surface area contributed by atoms with Gasteiger partial charge in [-0.05, 0) is 91.8 Å². The molecule has 4 N–H and O–H groups in total. The van der Waals surface area contributed by atoms with Crippen LogP contribution in [0.25, 0.3) is 5.57 Å². The summed E-state index contributed by atoms with van der Waals surface area (Å²) < 4.78 is 0. The van der Waals surface area contributed by atoms with Gasteiger partial charge in [-0.2, -0.15) is 0 Å². The van der Waals surface area contributed by atoms with E-state index in [1.807, 2.05) is 24.3 Å². The fourth-order valence-electron chi connectivity index (χ4n) is 4.71. The van der Waals surface area contributed by atoms with Gasteiger partial charge in [0, 0.05) is 27.0 Å². The van der Waals surface area contributed by atoms with Crippen molar-refractivity contribution in [3.8, 4) is 0 Å². The Kier molecular flexibility index (Phi) is 10.0. The molecule has 0 aliphatic heterocycles. The quantitative estimate of drug-likeness (QED) is 0.218. The molecule has 0 saturated carbocycles. The maximum absolute atomic E-state index is 13.5. The van der Waals surface area contributed by atoms with E-state index in [0.29, 0.717) is 21.4 Å². The first-order valence-corrected chi connectivity index (χ1v) is 14.0. The fraction of sp³-hybridized carbons (Fsp3) is 0.258. The number of carbonyl (C=O) groups excluding carboxylic acids is 2. The molecule has 10 heteroatoms. The van der Waals surface area contributed by atoms with E-state index in [4.69, 9.17) is 28.3 Å². The molecule has 0 radical (unpaired) electrons. The lowest BCUT2D eigenvalue weighted by Crippen LogP contribution is -2.36. The molecule has 214 valence electrons. The number of benzene rings is 3. The summed E-state index contributed by atoms with van der Waals surface area (Å²) in [5.74, 6) is -1.94. The zero-order valence-electron chi connectivity index (χ0n) is 22.5. The molecule has 0 fully saturated rings. The van der Waals surface area contributed by atoms with Crippen LogP contribution in [-0.4, -0.2) is 40.8 Å². The Bertz CT molecular complexity index is 1440. The van der Waals surface area contributed by atoms with Gasteiger partial charge in [-0.25, -0.2) is 9.59 Å². The van der Waals surface area contributed by atoms with Crippen molar-refractivity contribution >= 4 is 58.1 Å². The maximum atomic E-state index is 13.5. The van der Waals surface area contributed by atoms with Gasteiger partial charge >= 0.3 is 12.0 Å². The predicted octanol–water partition coefficient (Wildman–Crippen LogP) is 6.75. The van der Waals surface area contributed by atoms with Gasteiger partial charge in [0.2, 0.25) is 0 Å². The van der Waals surface area contributed by atoms with Crippen molar-refractivity contribution < 1.29 is 24.6 Å². The lowest BCUT2D eigenvalue weighted by Gasteiger charge is -2.25. The number of aliphatic hydroxyl groups is 1. The average Bonchev–Trinajstić information content (AvgIpc) is 2.94. The number of halogens is 2. The lowest BCUT2D eigenvalue weighted by molar-refractivity contribution is -0.146. The number of carboxylic acids is 1. The number of aliphatic hydroxyl groups excluding tert-OH is 1. The number of urea groups is 1. The molecule has 0 heterocycles. The molecule has 1 atom stereocenters. The zero-order valence-corrected chi connectivity index (χ0v) is 24.0. The summed E-state index contributed by atoms with van der Waals surface area (Å²) in [4.78, 5) is 38.3. The molecule has 0 saturated heterocycles. The third kappa shape index (κ3) is 8.10. The second-order valence-electron chi connectivity index (χ2n) is 9.95. The van der Waals surface area contributed by atoms with Gasteiger partial charge in [-0.1, -0.05) is 53.0 Å². The summed E-state index contributed by atoms with van der Waals surface area (Å²) in [6.45, 7) is 1.96. The number of nitrogens with one attached hydrogen (secondary N) is 2. The number of hydrogen-bond donors (Lipinski definition) is 4. The first-order chi connectivity index (χ1) is 19.6. The monoisotopic (exact) mass is 595 g/mol. The summed E-state index contributed by atoms with van der Waals surface area (Å²) in [5, 5.41) is 24.2. The molecule has 0 bridgehead atoms. The summed E-state index contributed by atoms with van der Waals surface area (Å²) in [5.41, 5.74) is 6.08. The minimum absolute atomic E-state index is 0.195. The standard InChI is InChI=1S/C31H31Cl2N3O5/c1-19-4-2-3-5-27(19)21-10-12-26(13-11-21)36(31(41)35-25-15-23(32)14-24(33)16-25)18-20-6-8-22(9-7-20)29(38)34-17-28(37)30(39)40/h6-16,28,37H,2-5,17-18H2,1H3,(H,34,38)(H,35,41)(H,39,40). The Hall–Kier alpha value is -3.85. The molecule has 1 aliphatic carbocycles. The summed E-state index contributed by atoms with van der Waals surface area (Å²) in [6.07, 6.45) is 2.82. The molecule has 3 aromatic carbocycles. The summed E-state index contributed by atoms with van der Waals surface area (Å²) in [6, 6.07) is 18.9. The number of anilines is 2. The molecule has 41 heavy (non-hydrogen) atoms. The second kappa shape index (κ2) is 13.7. The summed E-state index contributed by atoms with van der Waals surface area (Å²) >= 11 is 12.3. The number of amides is 3. The van der Waals surface area contributed by atoms with E-state index in [-0.39, 0.29) is 12.1 Å². The van der Waals surface area contributed by atoms with Crippen LogP contribution in [-0.2, 0) is 11.3 Å². The topological polar surface area (TPSA) is 119 Å². The number of carboxylic acid groups (broad SMARTS) is 1. The van der Waals surface area contributed by atoms with Gasteiger partial charge in [0.25, 0.3) is 5.91 Å². The van der Waals surface area contributed by atoms with Crippen molar-refractivity contribution in [3.63, 3.8) is 0 Å². The number of carbonyl (C=O) groups is 3. The van der Waals surface area contributed by atoms with E-state index in [2.05, 4.69) is 17.6 Å². The van der Waals surface area contributed by atoms with Gasteiger partial charge in [0.15, 0.2) is 6.10 Å². The molecule has 3 amide bonds. The minimum atomic E-state index is -1.69. The highest BCUT2D eigenvalue weighted by molar-refractivity contribution is 6.35. The van der Waals surface area contributed by atoms with Gasteiger partial charge in [-0.3, -0.25) is 9.69 Å². The molecule has 1 unspecified atom stereocenters. The number of nitrogens with zero attached hydrogens (tertiary/aromatic N) is 1. The van der Waals surface area contributed by atoms with Gasteiger partial charge in [0.1, 0.15) is 0 Å². The smallest absolute Gasteiger partial charge is 0.334 e. The van der Waals surface area contributed by atoms with E-state index in [0.717, 1.165) is 24.0 Å². The van der Waals surface area contributed by atoms with E-state index in [9.17, 15) is 19.5 Å². The van der Waals surface area contributed by atoms with Crippen LogP contribution >= 0.6 is 23.2 Å². The highest BCUT2D eigenvalue weighted by atomic mass is 35.5. The van der Waals surface area contributed by atoms with Gasteiger partial charge in [-0.15, -0.1) is 0 Å². The van der Waals surface area contributed by atoms with Crippen LogP contribution in [0.5, 0.6) is 0 Å². The van der Waals surface area contributed by atoms with Crippen LogP contribution in [0.4, 0.5) is 16.2 Å². The second-order valence-corrected chi connectivity index (χ2v) is 10.8. The van der Waals surface area contributed by atoms with E-state index >= 15 is 0 Å². The zero-order chi connectivity index (χ0) is 29.5. The van der Waals surface area contributed by atoms with Crippen molar-refractivity contribution in [2.24, 2.45) is 0 Å². The lowest BCUT2D eigenvalue weighted by atomic mass is 9.88. The molecule has 0 aromatic heterocycles. The Morgan fingerprint density at radius 2 is 1.56 bits per heavy atom. The Morgan fingerprint density at radius 3 is 2.17 bits per heavy atom. The van der Waals surface area contributed by atoms with Crippen LogP contribution in [0.15, 0.2) is 72.3 Å². The molecular formula is C31H31Cl2N3O5. The molecule has 1 aliphatic rings. The molecule has 8 nitrogen and oxygen atoms in total.